The van der Waals surface area contributed by atoms with Crippen LogP contribution in [0.2, 0.25) is 0 Å². The van der Waals surface area contributed by atoms with Gasteiger partial charge in [0, 0.05) is 23.2 Å². The van der Waals surface area contributed by atoms with E-state index in [2.05, 4.69) is 69.4 Å². The second kappa shape index (κ2) is 5.15. The highest BCUT2D eigenvalue weighted by atomic mass is 32.1. The Kier molecular flexibility index (Phi) is 4.00. The van der Waals surface area contributed by atoms with Crippen LogP contribution in [0.5, 0.6) is 0 Å². The molecule has 3 nitrogen and oxygen atoms in total. The van der Waals surface area contributed by atoms with E-state index in [1.54, 1.807) is 11.3 Å². The van der Waals surface area contributed by atoms with E-state index in [0.29, 0.717) is 5.41 Å². The smallest absolute Gasteiger partial charge is 0.194 e. The molecule has 0 atom stereocenters. The second-order valence-corrected chi connectivity index (χ2v) is 8.83. The molecule has 0 radical (unpaired) electrons. The number of thiazole rings is 1. The molecule has 4 heteroatoms. The Morgan fingerprint density at radius 1 is 1.20 bits per heavy atom. The van der Waals surface area contributed by atoms with Gasteiger partial charge in [-0.2, -0.15) is 0 Å². The molecule has 1 N–H and O–H groups in total. The van der Waals surface area contributed by atoms with Crippen molar-refractivity contribution in [3.63, 3.8) is 0 Å². The first kappa shape index (κ1) is 15.5. The van der Waals surface area contributed by atoms with Crippen molar-refractivity contribution in [3.05, 3.63) is 22.5 Å². The van der Waals surface area contributed by atoms with Crippen molar-refractivity contribution in [1.82, 2.24) is 14.7 Å². The van der Waals surface area contributed by atoms with E-state index in [1.165, 1.54) is 10.6 Å². The molecule has 2 rings (SSSR count). The lowest BCUT2D eigenvalue weighted by Gasteiger charge is -2.33. The average molecular weight is 293 g/mol. The fourth-order valence-corrected chi connectivity index (χ4v) is 3.92. The molecule has 20 heavy (non-hydrogen) atoms. The van der Waals surface area contributed by atoms with Gasteiger partial charge in [-0.25, -0.2) is 4.98 Å². The SMILES string of the molecule is Cc1cn2c(CNC(C)(C)CC(C)(C)C)c(C)nc2s1. The molecule has 2 aromatic rings. The zero-order chi connectivity index (χ0) is 15.1. The summed E-state index contributed by atoms with van der Waals surface area (Å²) in [5, 5.41) is 3.70. The first-order valence-corrected chi connectivity index (χ1v) is 8.08. The summed E-state index contributed by atoms with van der Waals surface area (Å²) >= 11 is 1.75. The summed E-state index contributed by atoms with van der Waals surface area (Å²) in [6.45, 7) is 16.5. The van der Waals surface area contributed by atoms with Crippen LogP contribution < -0.4 is 5.32 Å². The number of rotatable bonds is 4. The Labute approximate surface area is 126 Å². The number of aromatic nitrogens is 2. The topological polar surface area (TPSA) is 29.3 Å². The Balaban J connectivity index is 2.14. The first-order valence-electron chi connectivity index (χ1n) is 7.26. The summed E-state index contributed by atoms with van der Waals surface area (Å²) < 4.78 is 2.23. The second-order valence-electron chi connectivity index (χ2n) is 7.61. The number of nitrogens with zero attached hydrogens (tertiary/aromatic N) is 2. The molecule has 0 bridgehead atoms. The van der Waals surface area contributed by atoms with Crippen molar-refractivity contribution in [2.45, 2.75) is 67.0 Å². The quantitative estimate of drug-likeness (QED) is 0.910. The summed E-state index contributed by atoms with van der Waals surface area (Å²) in [6.07, 6.45) is 3.33. The molecule has 0 aliphatic carbocycles. The van der Waals surface area contributed by atoms with Gasteiger partial charge in [0.1, 0.15) is 0 Å². The van der Waals surface area contributed by atoms with E-state index >= 15 is 0 Å². The van der Waals surface area contributed by atoms with Gasteiger partial charge < -0.3 is 5.32 Å². The van der Waals surface area contributed by atoms with Gasteiger partial charge in [0.05, 0.1) is 11.4 Å². The van der Waals surface area contributed by atoms with Crippen LogP contribution in [0.3, 0.4) is 0 Å². The predicted molar refractivity (Wildman–Crippen MR) is 87.5 cm³/mol. The van der Waals surface area contributed by atoms with Gasteiger partial charge in [-0.1, -0.05) is 20.8 Å². The third-order valence-corrected chi connectivity index (χ3v) is 4.35. The van der Waals surface area contributed by atoms with Crippen molar-refractivity contribution < 1.29 is 0 Å². The molecule has 2 heterocycles. The van der Waals surface area contributed by atoms with Crippen LogP contribution in [0.4, 0.5) is 0 Å². The Morgan fingerprint density at radius 3 is 2.45 bits per heavy atom. The fourth-order valence-electron chi connectivity index (χ4n) is 3.03. The summed E-state index contributed by atoms with van der Waals surface area (Å²) in [5.74, 6) is 0. The van der Waals surface area contributed by atoms with E-state index in [0.717, 1.165) is 23.6 Å². The third-order valence-electron chi connectivity index (χ3n) is 3.45. The third kappa shape index (κ3) is 3.61. The van der Waals surface area contributed by atoms with Crippen molar-refractivity contribution in [3.8, 4) is 0 Å². The van der Waals surface area contributed by atoms with Crippen molar-refractivity contribution in [1.29, 1.82) is 0 Å². The molecule has 112 valence electrons. The van der Waals surface area contributed by atoms with Crippen LogP contribution in [0.15, 0.2) is 6.20 Å². The minimum absolute atomic E-state index is 0.125. The summed E-state index contributed by atoms with van der Waals surface area (Å²) in [6, 6.07) is 0. The zero-order valence-electron chi connectivity index (χ0n) is 13.8. The van der Waals surface area contributed by atoms with E-state index < -0.39 is 0 Å². The van der Waals surface area contributed by atoms with Crippen LogP contribution in [0, 0.1) is 19.3 Å². The minimum atomic E-state index is 0.125. The number of imidazole rings is 1. The van der Waals surface area contributed by atoms with Crippen LogP contribution >= 0.6 is 11.3 Å². The number of nitrogens with one attached hydrogen (secondary N) is 1. The van der Waals surface area contributed by atoms with Gasteiger partial charge in [-0.05, 0) is 39.5 Å². The lowest BCUT2D eigenvalue weighted by molar-refractivity contribution is 0.240. The fraction of sp³-hybridized carbons (Fsp3) is 0.688. The van der Waals surface area contributed by atoms with Gasteiger partial charge in [0.15, 0.2) is 4.96 Å². The minimum Gasteiger partial charge on any atom is -0.306 e. The number of hydrogen-bond donors (Lipinski definition) is 1. The monoisotopic (exact) mass is 293 g/mol. The standard InChI is InChI=1S/C16H27N3S/c1-11-9-19-13(12(2)18-14(19)20-11)8-17-16(6,7)10-15(3,4)5/h9,17H,8,10H2,1-7H3. The summed E-state index contributed by atoms with van der Waals surface area (Å²) in [5.41, 5.74) is 2.87. The predicted octanol–water partition coefficient (Wildman–Crippen LogP) is 4.32. The summed E-state index contributed by atoms with van der Waals surface area (Å²) in [4.78, 5) is 7.06. The lowest BCUT2D eigenvalue weighted by Crippen LogP contribution is -2.42. The molecule has 0 fully saturated rings. The number of hydrogen-bond acceptors (Lipinski definition) is 3. The van der Waals surface area contributed by atoms with Crippen LogP contribution in [-0.2, 0) is 6.54 Å². The molecule has 2 aromatic heterocycles. The van der Waals surface area contributed by atoms with Crippen molar-refractivity contribution >= 4 is 16.3 Å². The zero-order valence-corrected chi connectivity index (χ0v) is 14.6. The highest BCUT2D eigenvalue weighted by Crippen LogP contribution is 2.27. The van der Waals surface area contributed by atoms with Gasteiger partial charge in [0.2, 0.25) is 0 Å². The van der Waals surface area contributed by atoms with Gasteiger partial charge >= 0.3 is 0 Å². The highest BCUT2D eigenvalue weighted by Gasteiger charge is 2.25. The van der Waals surface area contributed by atoms with Gasteiger partial charge in [-0.15, -0.1) is 11.3 Å². The Hall–Kier alpha value is -0.870. The van der Waals surface area contributed by atoms with Crippen molar-refractivity contribution in [2.75, 3.05) is 0 Å². The maximum absolute atomic E-state index is 4.65. The molecule has 0 aliphatic heterocycles. The lowest BCUT2D eigenvalue weighted by atomic mass is 9.82. The average Bonchev–Trinajstić information content (AvgIpc) is 2.67. The first-order chi connectivity index (χ1) is 9.07. The molecule has 0 spiro atoms. The van der Waals surface area contributed by atoms with E-state index in [-0.39, 0.29) is 5.54 Å². The highest BCUT2D eigenvalue weighted by molar-refractivity contribution is 7.17. The Morgan fingerprint density at radius 2 is 1.85 bits per heavy atom. The molecular weight excluding hydrogens is 266 g/mol. The van der Waals surface area contributed by atoms with Crippen molar-refractivity contribution in [2.24, 2.45) is 5.41 Å². The summed E-state index contributed by atoms with van der Waals surface area (Å²) in [7, 11) is 0. The maximum atomic E-state index is 4.65. The van der Waals surface area contributed by atoms with E-state index in [1.807, 2.05) is 0 Å². The maximum Gasteiger partial charge on any atom is 0.194 e. The number of aryl methyl sites for hydroxylation is 2. The normalized spacial score (nSPS) is 13.3. The van der Waals surface area contributed by atoms with Crippen LogP contribution in [0.25, 0.3) is 4.96 Å². The molecule has 0 saturated carbocycles. The molecule has 0 amide bonds. The van der Waals surface area contributed by atoms with E-state index in [4.69, 9.17) is 0 Å². The van der Waals surface area contributed by atoms with Gasteiger partial charge in [-0.3, -0.25) is 4.40 Å². The Bertz CT molecular complexity index is 599. The largest absolute Gasteiger partial charge is 0.306 e. The van der Waals surface area contributed by atoms with Gasteiger partial charge in [0.25, 0.3) is 0 Å². The molecule has 0 aromatic carbocycles. The van der Waals surface area contributed by atoms with E-state index in [9.17, 15) is 0 Å². The molecule has 0 aliphatic rings. The van der Waals surface area contributed by atoms with Crippen LogP contribution in [-0.4, -0.2) is 14.9 Å². The molecule has 0 saturated heterocycles. The molecule has 0 unspecified atom stereocenters. The van der Waals surface area contributed by atoms with Crippen LogP contribution in [0.1, 0.15) is 57.3 Å². The molecular formula is C16H27N3S. The number of fused-ring (bicyclic) bond motifs is 1.